The van der Waals surface area contributed by atoms with E-state index in [4.69, 9.17) is 11.6 Å². The summed E-state index contributed by atoms with van der Waals surface area (Å²) in [7, 11) is 0. The molecule has 4 nitrogen and oxygen atoms in total. The van der Waals surface area contributed by atoms with E-state index in [0.29, 0.717) is 5.56 Å². The van der Waals surface area contributed by atoms with Gasteiger partial charge in [0.15, 0.2) is 11.5 Å². The molecule has 0 fully saturated rings. The highest BCUT2D eigenvalue weighted by Gasteiger charge is 2.43. The van der Waals surface area contributed by atoms with Crippen molar-refractivity contribution in [3.63, 3.8) is 0 Å². The summed E-state index contributed by atoms with van der Waals surface area (Å²) in [6, 6.07) is 7.65. The largest absolute Gasteiger partial charge is 0.586 e. The second-order valence-electron chi connectivity index (χ2n) is 4.82. The first-order valence-electron chi connectivity index (χ1n) is 6.66. The molecule has 24 heavy (non-hydrogen) atoms. The van der Waals surface area contributed by atoms with Gasteiger partial charge in [-0.2, -0.15) is 0 Å². The fourth-order valence-electron chi connectivity index (χ4n) is 2.01. The van der Waals surface area contributed by atoms with Crippen molar-refractivity contribution in [1.29, 1.82) is 0 Å². The van der Waals surface area contributed by atoms with E-state index in [1.807, 2.05) is 0 Å². The van der Waals surface area contributed by atoms with Crippen LogP contribution < -0.4 is 14.8 Å². The number of amides is 1. The fourth-order valence-corrected chi connectivity index (χ4v) is 2.22. The van der Waals surface area contributed by atoms with Crippen LogP contribution >= 0.6 is 11.6 Å². The third kappa shape index (κ3) is 3.62. The van der Waals surface area contributed by atoms with Gasteiger partial charge in [0, 0.05) is 6.08 Å². The average Bonchev–Trinajstić information content (AvgIpc) is 2.81. The molecule has 0 spiro atoms. The van der Waals surface area contributed by atoms with Gasteiger partial charge in [0.2, 0.25) is 5.91 Å². The van der Waals surface area contributed by atoms with Gasteiger partial charge in [-0.05, 0) is 42.0 Å². The molecule has 2 aromatic rings. The zero-order chi connectivity index (χ0) is 17.3. The van der Waals surface area contributed by atoms with Crippen molar-refractivity contribution >= 4 is 29.3 Å². The molecule has 0 unspecified atom stereocenters. The molecule has 1 N–H and O–H groups in total. The van der Waals surface area contributed by atoms with Gasteiger partial charge in [0.25, 0.3) is 0 Å². The molecule has 0 bridgehead atoms. The predicted octanol–water partition coefficient (Wildman–Crippen LogP) is 4.45. The number of hydrogen-bond acceptors (Lipinski definition) is 3. The lowest BCUT2D eigenvalue weighted by Crippen LogP contribution is -2.25. The summed E-state index contributed by atoms with van der Waals surface area (Å²) in [5.41, 5.74) is 0.702. The molecular weight excluding hydrogens is 347 g/mol. The number of ether oxygens (including phenoxy) is 2. The van der Waals surface area contributed by atoms with Gasteiger partial charge < -0.3 is 14.8 Å². The van der Waals surface area contributed by atoms with Crippen molar-refractivity contribution in [2.75, 3.05) is 5.32 Å². The summed E-state index contributed by atoms with van der Waals surface area (Å²) in [4.78, 5) is 11.8. The minimum Gasteiger partial charge on any atom is -0.395 e. The van der Waals surface area contributed by atoms with E-state index in [-0.39, 0.29) is 22.2 Å². The maximum absolute atomic E-state index is 12.9. The SMILES string of the molecule is O=C(/C=C/c1ccc2c(c1)OC(F)(F)O2)Nc1ccc(F)cc1Cl. The monoisotopic (exact) mass is 355 g/mol. The van der Waals surface area contributed by atoms with Gasteiger partial charge in [-0.3, -0.25) is 4.79 Å². The number of carbonyl (C=O) groups is 1. The number of halogens is 4. The number of rotatable bonds is 3. The molecule has 0 aliphatic carbocycles. The zero-order valence-corrected chi connectivity index (χ0v) is 12.6. The van der Waals surface area contributed by atoms with Gasteiger partial charge >= 0.3 is 6.29 Å². The number of anilines is 1. The fraction of sp³-hybridized carbons (Fsp3) is 0.0625. The lowest BCUT2D eigenvalue weighted by Gasteiger charge is -2.04. The van der Waals surface area contributed by atoms with Crippen molar-refractivity contribution in [2.45, 2.75) is 6.29 Å². The summed E-state index contributed by atoms with van der Waals surface area (Å²) < 4.78 is 47.4. The van der Waals surface area contributed by atoms with E-state index in [9.17, 15) is 18.0 Å². The molecule has 0 saturated carbocycles. The summed E-state index contributed by atoms with van der Waals surface area (Å²) in [5.74, 6) is -1.25. The Balaban J connectivity index is 1.69. The molecule has 0 aromatic heterocycles. The van der Waals surface area contributed by atoms with Gasteiger partial charge in [-0.15, -0.1) is 8.78 Å². The first-order valence-corrected chi connectivity index (χ1v) is 7.04. The van der Waals surface area contributed by atoms with Gasteiger partial charge in [-0.25, -0.2) is 4.39 Å². The molecule has 0 saturated heterocycles. The Hall–Kier alpha value is -2.67. The Kier molecular flexibility index (Phi) is 4.11. The van der Waals surface area contributed by atoms with Gasteiger partial charge in [0.05, 0.1) is 10.7 Å². The average molecular weight is 356 g/mol. The van der Waals surface area contributed by atoms with Crippen LogP contribution in [0.2, 0.25) is 5.02 Å². The summed E-state index contributed by atoms with van der Waals surface area (Å²) in [6.45, 7) is 0. The third-order valence-corrected chi connectivity index (χ3v) is 3.35. The van der Waals surface area contributed by atoms with Crippen molar-refractivity contribution in [2.24, 2.45) is 0 Å². The summed E-state index contributed by atoms with van der Waals surface area (Å²) >= 11 is 5.80. The topological polar surface area (TPSA) is 47.6 Å². The Labute approximate surface area is 139 Å². The first kappa shape index (κ1) is 16.2. The Morgan fingerprint density at radius 2 is 1.88 bits per heavy atom. The third-order valence-electron chi connectivity index (χ3n) is 3.04. The molecule has 0 radical (unpaired) electrons. The van der Waals surface area contributed by atoms with Crippen LogP contribution in [-0.4, -0.2) is 12.2 Å². The number of benzene rings is 2. The minimum absolute atomic E-state index is 0.0575. The van der Waals surface area contributed by atoms with E-state index in [1.54, 1.807) is 0 Å². The van der Waals surface area contributed by atoms with E-state index in [2.05, 4.69) is 14.8 Å². The predicted molar refractivity (Wildman–Crippen MR) is 81.7 cm³/mol. The van der Waals surface area contributed by atoms with E-state index in [0.717, 1.165) is 12.1 Å². The van der Waals surface area contributed by atoms with Crippen molar-refractivity contribution in [1.82, 2.24) is 0 Å². The molecule has 124 valence electrons. The van der Waals surface area contributed by atoms with Gasteiger partial charge in [-0.1, -0.05) is 17.7 Å². The lowest BCUT2D eigenvalue weighted by molar-refractivity contribution is -0.286. The Morgan fingerprint density at radius 1 is 1.12 bits per heavy atom. The van der Waals surface area contributed by atoms with Gasteiger partial charge in [0.1, 0.15) is 5.82 Å². The van der Waals surface area contributed by atoms with Crippen LogP contribution in [0.3, 0.4) is 0 Å². The normalized spacial score (nSPS) is 14.8. The summed E-state index contributed by atoms with van der Waals surface area (Å²) in [6.07, 6.45) is -1.12. The molecule has 3 rings (SSSR count). The molecule has 1 amide bonds. The van der Waals surface area contributed by atoms with Crippen LogP contribution in [0.5, 0.6) is 11.5 Å². The second kappa shape index (κ2) is 6.09. The second-order valence-corrected chi connectivity index (χ2v) is 5.23. The highest BCUT2D eigenvalue weighted by molar-refractivity contribution is 6.33. The maximum Gasteiger partial charge on any atom is 0.586 e. The smallest absolute Gasteiger partial charge is 0.395 e. The highest BCUT2D eigenvalue weighted by atomic mass is 35.5. The standard InChI is InChI=1S/C16H9ClF3NO3/c17-11-8-10(18)3-4-12(11)21-15(22)6-2-9-1-5-13-14(7-9)24-16(19,20)23-13/h1-8H,(H,21,22)/b6-2+. The molecule has 0 atom stereocenters. The zero-order valence-electron chi connectivity index (χ0n) is 11.9. The Bertz CT molecular complexity index is 839. The molecular formula is C16H9ClF3NO3. The molecule has 2 aromatic carbocycles. The summed E-state index contributed by atoms with van der Waals surface area (Å²) in [5, 5.41) is 2.53. The van der Waals surface area contributed by atoms with Crippen LogP contribution in [0.4, 0.5) is 18.9 Å². The number of fused-ring (bicyclic) bond motifs is 1. The van der Waals surface area contributed by atoms with Crippen molar-refractivity contribution in [3.8, 4) is 11.5 Å². The molecule has 8 heteroatoms. The van der Waals surface area contributed by atoms with Crippen LogP contribution in [0.15, 0.2) is 42.5 Å². The number of hydrogen-bond donors (Lipinski definition) is 1. The molecule has 1 aliphatic rings. The number of alkyl halides is 2. The van der Waals surface area contributed by atoms with E-state index >= 15 is 0 Å². The first-order chi connectivity index (χ1) is 11.3. The molecule has 1 aliphatic heterocycles. The number of carbonyl (C=O) groups excluding carboxylic acids is 1. The van der Waals surface area contributed by atoms with E-state index < -0.39 is 18.0 Å². The number of nitrogens with one attached hydrogen (secondary N) is 1. The minimum atomic E-state index is -3.69. The molecule has 1 heterocycles. The maximum atomic E-state index is 12.9. The van der Waals surface area contributed by atoms with E-state index in [1.165, 1.54) is 36.4 Å². The Morgan fingerprint density at radius 3 is 2.62 bits per heavy atom. The highest BCUT2D eigenvalue weighted by Crippen LogP contribution is 2.41. The van der Waals surface area contributed by atoms with Crippen LogP contribution in [0, 0.1) is 5.82 Å². The van der Waals surface area contributed by atoms with Crippen molar-refractivity contribution < 1.29 is 27.4 Å². The van der Waals surface area contributed by atoms with Crippen LogP contribution in [0.1, 0.15) is 5.56 Å². The lowest BCUT2D eigenvalue weighted by atomic mass is 10.2. The van der Waals surface area contributed by atoms with Crippen LogP contribution in [-0.2, 0) is 4.79 Å². The van der Waals surface area contributed by atoms with Crippen molar-refractivity contribution in [3.05, 3.63) is 58.9 Å². The van der Waals surface area contributed by atoms with Crippen LogP contribution in [0.25, 0.3) is 6.08 Å². The quantitative estimate of drug-likeness (QED) is 0.827.